The number of aromatic amines is 1. The van der Waals surface area contributed by atoms with Crippen molar-refractivity contribution >= 4 is 22.5 Å². The third-order valence-electron chi connectivity index (χ3n) is 2.69. The van der Waals surface area contributed by atoms with Crippen LogP contribution >= 0.6 is 11.6 Å². The summed E-state index contributed by atoms with van der Waals surface area (Å²) in [5, 5.41) is 0.475. The van der Waals surface area contributed by atoms with Gasteiger partial charge in [-0.05, 0) is 12.1 Å². The van der Waals surface area contributed by atoms with Gasteiger partial charge in [0, 0.05) is 17.2 Å². The van der Waals surface area contributed by atoms with E-state index >= 15 is 0 Å². The Bertz CT molecular complexity index is 640. The Morgan fingerprint density at radius 2 is 1.94 bits per heavy atom. The molecule has 0 saturated heterocycles. The Morgan fingerprint density at radius 3 is 2.53 bits per heavy atom. The van der Waals surface area contributed by atoms with Gasteiger partial charge in [0.15, 0.2) is 5.43 Å². The second kappa shape index (κ2) is 3.84. The second-order valence-corrected chi connectivity index (χ2v) is 5.48. The number of benzene rings is 1. The van der Waals surface area contributed by atoms with Crippen molar-refractivity contribution in [2.75, 3.05) is 0 Å². The van der Waals surface area contributed by atoms with Gasteiger partial charge in [-0.2, -0.15) is 0 Å². The van der Waals surface area contributed by atoms with Crippen LogP contribution in [0.3, 0.4) is 0 Å². The van der Waals surface area contributed by atoms with E-state index in [2.05, 4.69) is 4.98 Å². The molecule has 17 heavy (non-hydrogen) atoms. The van der Waals surface area contributed by atoms with E-state index < -0.39 is 5.82 Å². The van der Waals surface area contributed by atoms with E-state index in [-0.39, 0.29) is 26.8 Å². The first-order chi connectivity index (χ1) is 7.80. The first-order valence-corrected chi connectivity index (χ1v) is 5.70. The van der Waals surface area contributed by atoms with E-state index in [9.17, 15) is 9.18 Å². The molecule has 2 rings (SSSR count). The van der Waals surface area contributed by atoms with Crippen LogP contribution in [0.15, 0.2) is 23.0 Å². The minimum absolute atomic E-state index is 0.176. The molecule has 0 fully saturated rings. The molecule has 90 valence electrons. The SMILES string of the molecule is CC(C)(C)c1cc(=O)c2c(Cl)ccc(F)c2[nH]1. The van der Waals surface area contributed by atoms with Crippen LogP contribution < -0.4 is 5.43 Å². The standard InChI is InChI=1S/C13H13ClFNO/c1-13(2,3)10-6-9(17)11-7(14)4-5-8(15)12(11)16-10/h4-6H,1-3H3,(H,16,17). The van der Waals surface area contributed by atoms with Gasteiger partial charge < -0.3 is 4.98 Å². The number of hydrogen-bond donors (Lipinski definition) is 1. The molecule has 0 aliphatic carbocycles. The van der Waals surface area contributed by atoms with Crippen LogP contribution in [0.4, 0.5) is 4.39 Å². The van der Waals surface area contributed by atoms with Gasteiger partial charge in [0.2, 0.25) is 0 Å². The van der Waals surface area contributed by atoms with Gasteiger partial charge in [-0.1, -0.05) is 32.4 Å². The molecule has 0 unspecified atom stereocenters. The van der Waals surface area contributed by atoms with Crippen molar-refractivity contribution in [2.24, 2.45) is 0 Å². The molecular weight excluding hydrogens is 241 g/mol. The zero-order valence-corrected chi connectivity index (χ0v) is 10.7. The number of hydrogen-bond acceptors (Lipinski definition) is 1. The zero-order chi connectivity index (χ0) is 12.8. The highest BCUT2D eigenvalue weighted by Gasteiger charge is 2.18. The minimum Gasteiger partial charge on any atom is -0.355 e. The average Bonchev–Trinajstić information content (AvgIpc) is 2.21. The summed E-state index contributed by atoms with van der Waals surface area (Å²) >= 11 is 5.91. The summed E-state index contributed by atoms with van der Waals surface area (Å²) in [5.74, 6) is -0.465. The van der Waals surface area contributed by atoms with Crippen LogP contribution in [0.5, 0.6) is 0 Å². The maximum atomic E-state index is 13.7. The summed E-state index contributed by atoms with van der Waals surface area (Å²) in [5.41, 5.74) is 0.363. The number of aromatic nitrogens is 1. The number of rotatable bonds is 0. The van der Waals surface area contributed by atoms with Gasteiger partial charge in [-0.15, -0.1) is 0 Å². The van der Waals surface area contributed by atoms with Crippen molar-refractivity contribution in [3.05, 3.63) is 45.0 Å². The van der Waals surface area contributed by atoms with Crippen LogP contribution in [0.25, 0.3) is 10.9 Å². The number of halogens is 2. The van der Waals surface area contributed by atoms with Gasteiger partial charge in [0.05, 0.1) is 15.9 Å². The largest absolute Gasteiger partial charge is 0.355 e. The van der Waals surface area contributed by atoms with Gasteiger partial charge >= 0.3 is 0 Å². The molecule has 1 aromatic carbocycles. The third kappa shape index (κ3) is 2.07. The molecule has 1 heterocycles. The van der Waals surface area contributed by atoms with Gasteiger partial charge in [-0.25, -0.2) is 4.39 Å². The molecule has 4 heteroatoms. The lowest BCUT2D eigenvalue weighted by atomic mass is 9.91. The maximum Gasteiger partial charge on any atom is 0.191 e. The van der Waals surface area contributed by atoms with Crippen molar-refractivity contribution in [3.8, 4) is 0 Å². The third-order valence-corrected chi connectivity index (χ3v) is 3.01. The molecule has 1 N–H and O–H groups in total. The Balaban J connectivity index is 2.92. The molecule has 0 radical (unpaired) electrons. The Labute approximate surface area is 103 Å². The highest BCUT2D eigenvalue weighted by Crippen LogP contribution is 2.25. The summed E-state index contributed by atoms with van der Waals surface area (Å²) in [4.78, 5) is 14.9. The summed E-state index contributed by atoms with van der Waals surface area (Å²) in [6.45, 7) is 5.85. The molecule has 0 aliphatic heterocycles. The van der Waals surface area contributed by atoms with Crippen LogP contribution in [-0.4, -0.2) is 4.98 Å². The zero-order valence-electron chi connectivity index (χ0n) is 9.90. The van der Waals surface area contributed by atoms with Gasteiger partial charge in [0.25, 0.3) is 0 Å². The second-order valence-electron chi connectivity index (χ2n) is 5.08. The molecule has 1 aromatic heterocycles. The summed E-state index contributed by atoms with van der Waals surface area (Å²) in [6.07, 6.45) is 0. The molecule has 2 nitrogen and oxygen atoms in total. The quantitative estimate of drug-likeness (QED) is 0.764. The Kier molecular flexibility index (Phi) is 2.74. The number of pyridine rings is 1. The van der Waals surface area contributed by atoms with Crippen molar-refractivity contribution in [2.45, 2.75) is 26.2 Å². The van der Waals surface area contributed by atoms with E-state index in [0.29, 0.717) is 5.69 Å². The lowest BCUT2D eigenvalue weighted by Gasteiger charge is -2.19. The monoisotopic (exact) mass is 253 g/mol. The molecule has 0 amide bonds. The van der Waals surface area contributed by atoms with E-state index in [1.54, 1.807) is 0 Å². The fourth-order valence-corrected chi connectivity index (χ4v) is 1.94. The predicted molar refractivity (Wildman–Crippen MR) is 68.2 cm³/mol. The fraction of sp³-hybridized carbons (Fsp3) is 0.308. The number of H-pyrrole nitrogens is 1. The normalized spacial score (nSPS) is 12.1. The topological polar surface area (TPSA) is 32.9 Å². The molecule has 2 aromatic rings. The van der Waals surface area contributed by atoms with Crippen LogP contribution in [0.1, 0.15) is 26.5 Å². The van der Waals surface area contributed by atoms with Gasteiger partial charge in [0.1, 0.15) is 5.82 Å². The lowest BCUT2D eigenvalue weighted by molar-refractivity contribution is 0.568. The summed E-state index contributed by atoms with van der Waals surface area (Å²) in [6, 6.07) is 4.13. The predicted octanol–water partition coefficient (Wildman–Crippen LogP) is 3.62. The number of fused-ring (bicyclic) bond motifs is 1. The highest BCUT2D eigenvalue weighted by atomic mass is 35.5. The first-order valence-electron chi connectivity index (χ1n) is 5.32. The minimum atomic E-state index is -0.465. The summed E-state index contributed by atoms with van der Waals surface area (Å²) in [7, 11) is 0. The summed E-state index contributed by atoms with van der Waals surface area (Å²) < 4.78 is 13.7. The molecule has 0 atom stereocenters. The fourth-order valence-electron chi connectivity index (χ4n) is 1.69. The lowest BCUT2D eigenvalue weighted by Crippen LogP contribution is -2.18. The highest BCUT2D eigenvalue weighted by molar-refractivity contribution is 6.35. The van der Waals surface area contributed by atoms with E-state index in [0.717, 1.165) is 0 Å². The smallest absolute Gasteiger partial charge is 0.191 e. The van der Waals surface area contributed by atoms with Crippen LogP contribution in [-0.2, 0) is 5.41 Å². The van der Waals surface area contributed by atoms with Crippen molar-refractivity contribution in [3.63, 3.8) is 0 Å². The first kappa shape index (κ1) is 12.1. The molecule has 0 spiro atoms. The van der Waals surface area contributed by atoms with E-state index in [4.69, 9.17) is 11.6 Å². The van der Waals surface area contributed by atoms with E-state index in [1.807, 2.05) is 20.8 Å². The van der Waals surface area contributed by atoms with Crippen molar-refractivity contribution < 1.29 is 4.39 Å². The maximum absolute atomic E-state index is 13.7. The van der Waals surface area contributed by atoms with Crippen LogP contribution in [0, 0.1) is 5.82 Å². The van der Waals surface area contributed by atoms with E-state index in [1.165, 1.54) is 18.2 Å². The Morgan fingerprint density at radius 1 is 1.29 bits per heavy atom. The number of nitrogens with one attached hydrogen (secondary N) is 1. The Hall–Kier alpha value is -1.35. The van der Waals surface area contributed by atoms with Gasteiger partial charge in [-0.3, -0.25) is 4.79 Å². The molecule has 0 bridgehead atoms. The molecule has 0 aliphatic rings. The van der Waals surface area contributed by atoms with Crippen LogP contribution in [0.2, 0.25) is 5.02 Å². The molecular formula is C13H13ClFNO. The van der Waals surface area contributed by atoms with Crippen molar-refractivity contribution in [1.29, 1.82) is 0 Å². The molecule has 0 saturated carbocycles. The van der Waals surface area contributed by atoms with Crippen molar-refractivity contribution in [1.82, 2.24) is 4.98 Å². The average molecular weight is 254 g/mol.